The standard InChI is InChI=1S/C20H23N3O3/c24-19(14-16-6-2-1-3-7-16)21-15-20(25)22-17-8-4-5-9-18(17)23-10-12-26-13-11-23/h1-9H,10-15H2,(H,21,24)(H,22,25). The van der Waals surface area contributed by atoms with Crippen LogP contribution >= 0.6 is 0 Å². The van der Waals surface area contributed by atoms with Gasteiger partial charge < -0.3 is 20.3 Å². The van der Waals surface area contributed by atoms with Crippen molar-refractivity contribution in [2.24, 2.45) is 0 Å². The van der Waals surface area contributed by atoms with Gasteiger partial charge in [0.15, 0.2) is 0 Å². The number of para-hydroxylation sites is 2. The Hall–Kier alpha value is -2.86. The van der Waals surface area contributed by atoms with Gasteiger partial charge in [0.2, 0.25) is 11.8 Å². The average molecular weight is 353 g/mol. The molecule has 1 aliphatic rings. The van der Waals surface area contributed by atoms with Gasteiger partial charge in [-0.15, -0.1) is 0 Å². The van der Waals surface area contributed by atoms with E-state index in [4.69, 9.17) is 4.74 Å². The number of hydrogen-bond donors (Lipinski definition) is 2. The van der Waals surface area contributed by atoms with Crippen LogP contribution in [-0.2, 0) is 20.7 Å². The summed E-state index contributed by atoms with van der Waals surface area (Å²) in [5, 5.41) is 5.56. The van der Waals surface area contributed by atoms with Crippen molar-refractivity contribution in [3.63, 3.8) is 0 Å². The maximum atomic E-state index is 12.2. The van der Waals surface area contributed by atoms with E-state index in [0.29, 0.717) is 13.2 Å². The minimum Gasteiger partial charge on any atom is -0.378 e. The normalized spacial score (nSPS) is 13.9. The quantitative estimate of drug-likeness (QED) is 0.831. The second-order valence-electron chi connectivity index (χ2n) is 6.10. The molecule has 2 amide bonds. The Morgan fingerprint density at radius 2 is 1.62 bits per heavy atom. The number of ether oxygens (including phenoxy) is 1. The van der Waals surface area contributed by atoms with Gasteiger partial charge in [0.25, 0.3) is 0 Å². The molecular weight excluding hydrogens is 330 g/mol. The van der Waals surface area contributed by atoms with Gasteiger partial charge in [-0.1, -0.05) is 42.5 Å². The van der Waals surface area contributed by atoms with E-state index < -0.39 is 0 Å². The minimum absolute atomic E-state index is 0.0525. The van der Waals surface area contributed by atoms with Crippen LogP contribution in [0.25, 0.3) is 0 Å². The molecule has 2 N–H and O–H groups in total. The van der Waals surface area contributed by atoms with E-state index in [1.54, 1.807) is 0 Å². The summed E-state index contributed by atoms with van der Waals surface area (Å²) >= 11 is 0. The van der Waals surface area contributed by atoms with Gasteiger partial charge in [0, 0.05) is 13.1 Å². The lowest BCUT2D eigenvalue weighted by molar-refractivity contribution is -0.123. The predicted molar refractivity (Wildman–Crippen MR) is 101 cm³/mol. The summed E-state index contributed by atoms with van der Waals surface area (Å²) < 4.78 is 5.38. The highest BCUT2D eigenvalue weighted by molar-refractivity contribution is 5.97. The van der Waals surface area contributed by atoms with Crippen LogP contribution in [0.1, 0.15) is 5.56 Å². The highest BCUT2D eigenvalue weighted by Crippen LogP contribution is 2.26. The Morgan fingerprint density at radius 3 is 2.38 bits per heavy atom. The third kappa shape index (κ3) is 5.07. The molecule has 0 aromatic heterocycles. The maximum Gasteiger partial charge on any atom is 0.243 e. The summed E-state index contributed by atoms with van der Waals surface area (Å²) in [6, 6.07) is 17.1. The van der Waals surface area contributed by atoms with Gasteiger partial charge in [0.05, 0.1) is 37.6 Å². The molecule has 2 aromatic carbocycles. The number of rotatable bonds is 6. The molecule has 1 heterocycles. The number of nitrogens with one attached hydrogen (secondary N) is 2. The van der Waals surface area contributed by atoms with Gasteiger partial charge in [-0.2, -0.15) is 0 Å². The largest absolute Gasteiger partial charge is 0.378 e. The lowest BCUT2D eigenvalue weighted by atomic mass is 10.1. The first kappa shape index (κ1) is 17.9. The molecule has 2 aromatic rings. The highest BCUT2D eigenvalue weighted by atomic mass is 16.5. The summed E-state index contributed by atoms with van der Waals surface area (Å²) in [6.07, 6.45) is 0.262. The molecule has 0 spiro atoms. The zero-order valence-corrected chi connectivity index (χ0v) is 14.6. The second-order valence-corrected chi connectivity index (χ2v) is 6.10. The van der Waals surface area contributed by atoms with Gasteiger partial charge in [-0.05, 0) is 17.7 Å². The van der Waals surface area contributed by atoms with Crippen LogP contribution < -0.4 is 15.5 Å². The van der Waals surface area contributed by atoms with E-state index in [-0.39, 0.29) is 24.8 Å². The van der Waals surface area contributed by atoms with Crippen molar-refractivity contribution in [1.29, 1.82) is 0 Å². The highest BCUT2D eigenvalue weighted by Gasteiger charge is 2.16. The van der Waals surface area contributed by atoms with E-state index in [1.165, 1.54) is 0 Å². The van der Waals surface area contributed by atoms with Crippen molar-refractivity contribution in [3.05, 3.63) is 60.2 Å². The lowest BCUT2D eigenvalue weighted by Gasteiger charge is -2.30. The molecule has 1 fully saturated rings. The third-order valence-electron chi connectivity index (χ3n) is 4.18. The van der Waals surface area contributed by atoms with Crippen LogP contribution in [0.5, 0.6) is 0 Å². The van der Waals surface area contributed by atoms with Crippen LogP contribution in [0, 0.1) is 0 Å². The Balaban J connectivity index is 1.52. The topological polar surface area (TPSA) is 70.7 Å². The third-order valence-corrected chi connectivity index (χ3v) is 4.18. The Kier molecular flexibility index (Phi) is 6.22. The van der Waals surface area contributed by atoms with Crippen LogP contribution in [0.2, 0.25) is 0 Å². The average Bonchev–Trinajstić information content (AvgIpc) is 2.68. The zero-order chi connectivity index (χ0) is 18.2. The molecule has 1 saturated heterocycles. The number of anilines is 2. The Bertz CT molecular complexity index is 743. The van der Waals surface area contributed by atoms with Crippen molar-refractivity contribution < 1.29 is 14.3 Å². The predicted octanol–water partition coefficient (Wildman–Crippen LogP) is 1.82. The van der Waals surface area contributed by atoms with Crippen LogP contribution in [0.15, 0.2) is 54.6 Å². The van der Waals surface area contributed by atoms with Crippen LogP contribution in [0.3, 0.4) is 0 Å². The number of carbonyl (C=O) groups excluding carboxylic acids is 2. The van der Waals surface area contributed by atoms with Crippen molar-refractivity contribution in [3.8, 4) is 0 Å². The molecule has 0 atom stereocenters. The first-order chi connectivity index (χ1) is 12.7. The number of amides is 2. The number of nitrogens with zero attached hydrogens (tertiary/aromatic N) is 1. The van der Waals surface area contributed by atoms with Gasteiger partial charge in [0.1, 0.15) is 0 Å². The van der Waals surface area contributed by atoms with Gasteiger partial charge in [-0.25, -0.2) is 0 Å². The van der Waals surface area contributed by atoms with Crippen molar-refractivity contribution in [1.82, 2.24) is 5.32 Å². The van der Waals surface area contributed by atoms with Crippen LogP contribution in [-0.4, -0.2) is 44.7 Å². The molecule has 0 bridgehead atoms. The van der Waals surface area contributed by atoms with E-state index in [1.807, 2.05) is 54.6 Å². The Labute approximate surface area is 153 Å². The zero-order valence-electron chi connectivity index (χ0n) is 14.6. The van der Waals surface area contributed by atoms with E-state index in [2.05, 4.69) is 15.5 Å². The summed E-state index contributed by atoms with van der Waals surface area (Å²) in [7, 11) is 0. The fourth-order valence-electron chi connectivity index (χ4n) is 2.88. The molecule has 26 heavy (non-hydrogen) atoms. The molecule has 6 heteroatoms. The fourth-order valence-corrected chi connectivity index (χ4v) is 2.88. The molecule has 6 nitrogen and oxygen atoms in total. The SMILES string of the molecule is O=C(Cc1ccccc1)NCC(=O)Nc1ccccc1N1CCOCC1. The van der Waals surface area contributed by atoms with E-state index in [9.17, 15) is 9.59 Å². The number of benzene rings is 2. The summed E-state index contributed by atoms with van der Waals surface area (Å²) in [6.45, 7) is 2.89. The van der Waals surface area contributed by atoms with Crippen molar-refractivity contribution >= 4 is 23.2 Å². The number of morpholine rings is 1. The lowest BCUT2D eigenvalue weighted by Crippen LogP contribution is -2.37. The molecule has 0 aliphatic carbocycles. The molecule has 0 saturated carbocycles. The fraction of sp³-hybridized carbons (Fsp3) is 0.300. The molecule has 0 radical (unpaired) electrons. The first-order valence-electron chi connectivity index (χ1n) is 8.74. The Morgan fingerprint density at radius 1 is 0.923 bits per heavy atom. The van der Waals surface area contributed by atoms with Crippen LogP contribution in [0.4, 0.5) is 11.4 Å². The number of hydrogen-bond acceptors (Lipinski definition) is 4. The molecule has 136 valence electrons. The second kappa shape index (κ2) is 9.01. The molecule has 0 unspecified atom stereocenters. The van der Waals surface area contributed by atoms with E-state index in [0.717, 1.165) is 30.0 Å². The summed E-state index contributed by atoms with van der Waals surface area (Å²) in [4.78, 5) is 26.4. The summed E-state index contributed by atoms with van der Waals surface area (Å²) in [5.74, 6) is -0.417. The van der Waals surface area contributed by atoms with Gasteiger partial charge in [-0.3, -0.25) is 9.59 Å². The van der Waals surface area contributed by atoms with Gasteiger partial charge >= 0.3 is 0 Å². The van der Waals surface area contributed by atoms with Crippen molar-refractivity contribution in [2.75, 3.05) is 43.1 Å². The minimum atomic E-state index is -0.243. The molecular formula is C20H23N3O3. The number of carbonyl (C=O) groups is 2. The van der Waals surface area contributed by atoms with Crippen molar-refractivity contribution in [2.45, 2.75) is 6.42 Å². The van der Waals surface area contributed by atoms with E-state index >= 15 is 0 Å². The maximum absolute atomic E-state index is 12.2. The molecule has 1 aliphatic heterocycles. The smallest absolute Gasteiger partial charge is 0.243 e. The monoisotopic (exact) mass is 353 g/mol. The first-order valence-corrected chi connectivity index (χ1v) is 8.74. The summed E-state index contributed by atoms with van der Waals surface area (Å²) in [5.41, 5.74) is 2.64. The molecule has 3 rings (SSSR count).